The third-order valence-corrected chi connectivity index (χ3v) is 4.62. The first kappa shape index (κ1) is 16.2. The molecule has 0 unspecified atom stereocenters. The fourth-order valence-corrected chi connectivity index (χ4v) is 3.25. The summed E-state index contributed by atoms with van der Waals surface area (Å²) in [5, 5.41) is 8.83. The number of unbranched alkanes of at least 4 members (excludes halogenated alkanes) is 3. The standard InChI is InChI=1S/C10H22ClNO3S/c1-2-3-4-5-7-12(8-9-13)16(14,15)10-6-11/h13H,2-10H2,1H3. The lowest BCUT2D eigenvalue weighted by atomic mass is 10.2. The lowest BCUT2D eigenvalue weighted by Gasteiger charge is -2.20. The van der Waals surface area contributed by atoms with Crippen LogP contribution in [-0.2, 0) is 10.0 Å². The van der Waals surface area contributed by atoms with Crippen LogP contribution in [0.1, 0.15) is 32.6 Å². The molecule has 4 nitrogen and oxygen atoms in total. The molecule has 0 amide bonds. The largest absolute Gasteiger partial charge is 0.395 e. The number of nitrogens with zero attached hydrogens (tertiary/aromatic N) is 1. The van der Waals surface area contributed by atoms with Gasteiger partial charge in [-0.1, -0.05) is 26.2 Å². The molecular formula is C10H22ClNO3S. The van der Waals surface area contributed by atoms with Crippen LogP contribution >= 0.6 is 11.6 Å². The summed E-state index contributed by atoms with van der Waals surface area (Å²) in [6.07, 6.45) is 4.10. The maximum absolute atomic E-state index is 11.7. The van der Waals surface area contributed by atoms with Crippen molar-refractivity contribution in [3.63, 3.8) is 0 Å². The van der Waals surface area contributed by atoms with Gasteiger partial charge in [-0.05, 0) is 6.42 Å². The number of sulfonamides is 1. The van der Waals surface area contributed by atoms with Gasteiger partial charge in [-0.3, -0.25) is 0 Å². The molecule has 0 saturated heterocycles. The molecule has 0 saturated carbocycles. The molecule has 0 aromatic rings. The maximum atomic E-state index is 11.7. The summed E-state index contributed by atoms with van der Waals surface area (Å²) < 4.78 is 24.8. The van der Waals surface area contributed by atoms with Crippen molar-refractivity contribution in [3.05, 3.63) is 0 Å². The molecular weight excluding hydrogens is 250 g/mol. The molecule has 0 aromatic heterocycles. The average Bonchev–Trinajstić information content (AvgIpc) is 2.22. The van der Waals surface area contributed by atoms with E-state index in [9.17, 15) is 8.42 Å². The Morgan fingerprint density at radius 2 is 1.88 bits per heavy atom. The summed E-state index contributed by atoms with van der Waals surface area (Å²) in [4.78, 5) is 0. The summed E-state index contributed by atoms with van der Waals surface area (Å²) in [5.41, 5.74) is 0. The van der Waals surface area contributed by atoms with E-state index >= 15 is 0 Å². The van der Waals surface area contributed by atoms with Gasteiger partial charge in [0.15, 0.2) is 0 Å². The van der Waals surface area contributed by atoms with Crippen LogP contribution in [0, 0.1) is 0 Å². The average molecular weight is 272 g/mol. The first-order valence-corrected chi connectivity index (χ1v) is 7.87. The van der Waals surface area contributed by atoms with Crippen molar-refractivity contribution in [3.8, 4) is 0 Å². The Bertz CT molecular complexity index is 257. The van der Waals surface area contributed by atoms with Crippen molar-refractivity contribution >= 4 is 21.6 Å². The Kier molecular flexibility index (Phi) is 9.31. The molecule has 0 aliphatic heterocycles. The molecule has 16 heavy (non-hydrogen) atoms. The van der Waals surface area contributed by atoms with Gasteiger partial charge in [-0.25, -0.2) is 8.42 Å². The van der Waals surface area contributed by atoms with Gasteiger partial charge in [0.05, 0.1) is 12.4 Å². The SMILES string of the molecule is CCCCCCN(CCO)S(=O)(=O)CCCl. The highest BCUT2D eigenvalue weighted by molar-refractivity contribution is 7.89. The van der Waals surface area contributed by atoms with Crippen molar-refractivity contribution in [1.29, 1.82) is 0 Å². The fourth-order valence-electron chi connectivity index (χ4n) is 1.44. The van der Waals surface area contributed by atoms with E-state index in [4.69, 9.17) is 16.7 Å². The summed E-state index contributed by atoms with van der Waals surface area (Å²) in [6, 6.07) is 0. The van der Waals surface area contributed by atoms with Crippen LogP contribution < -0.4 is 0 Å². The zero-order valence-electron chi connectivity index (χ0n) is 9.86. The minimum absolute atomic E-state index is 0.0532. The predicted octanol–water partition coefficient (Wildman–Crippen LogP) is 1.43. The molecule has 6 heteroatoms. The number of aliphatic hydroxyl groups is 1. The van der Waals surface area contributed by atoms with Crippen molar-refractivity contribution in [2.24, 2.45) is 0 Å². The minimum Gasteiger partial charge on any atom is -0.395 e. The normalized spacial score (nSPS) is 12.2. The van der Waals surface area contributed by atoms with Crippen LogP contribution in [0.15, 0.2) is 0 Å². The molecule has 0 aliphatic carbocycles. The van der Waals surface area contributed by atoms with Gasteiger partial charge in [0.1, 0.15) is 0 Å². The van der Waals surface area contributed by atoms with Crippen LogP contribution in [0.5, 0.6) is 0 Å². The van der Waals surface area contributed by atoms with Gasteiger partial charge in [0.25, 0.3) is 0 Å². The summed E-state index contributed by atoms with van der Waals surface area (Å²) >= 11 is 5.45. The molecule has 0 fully saturated rings. The van der Waals surface area contributed by atoms with E-state index in [2.05, 4.69) is 6.92 Å². The van der Waals surface area contributed by atoms with Crippen LogP contribution in [0.2, 0.25) is 0 Å². The number of hydrogen-bond acceptors (Lipinski definition) is 3. The molecule has 0 aliphatic rings. The molecule has 0 aromatic carbocycles. The zero-order valence-corrected chi connectivity index (χ0v) is 11.4. The van der Waals surface area contributed by atoms with Crippen molar-refractivity contribution in [1.82, 2.24) is 4.31 Å². The number of aliphatic hydroxyl groups excluding tert-OH is 1. The predicted molar refractivity (Wildman–Crippen MR) is 67.3 cm³/mol. The van der Waals surface area contributed by atoms with Crippen LogP contribution in [0.25, 0.3) is 0 Å². The first-order valence-electron chi connectivity index (χ1n) is 5.73. The third-order valence-electron chi connectivity index (χ3n) is 2.34. The van der Waals surface area contributed by atoms with Gasteiger partial charge >= 0.3 is 0 Å². The zero-order chi connectivity index (χ0) is 12.4. The van der Waals surface area contributed by atoms with Crippen LogP contribution in [0.3, 0.4) is 0 Å². The monoisotopic (exact) mass is 271 g/mol. The second-order valence-corrected chi connectivity index (χ2v) is 6.15. The highest BCUT2D eigenvalue weighted by atomic mass is 35.5. The van der Waals surface area contributed by atoms with Crippen molar-refractivity contribution in [2.75, 3.05) is 31.3 Å². The number of hydrogen-bond donors (Lipinski definition) is 1. The van der Waals surface area contributed by atoms with Gasteiger partial charge in [0, 0.05) is 19.0 Å². The molecule has 0 atom stereocenters. The van der Waals surface area contributed by atoms with Crippen molar-refractivity contribution < 1.29 is 13.5 Å². The van der Waals surface area contributed by atoms with Gasteiger partial charge in [0.2, 0.25) is 10.0 Å². The van der Waals surface area contributed by atoms with Crippen molar-refractivity contribution in [2.45, 2.75) is 32.6 Å². The number of rotatable bonds is 10. The summed E-state index contributed by atoms with van der Waals surface area (Å²) in [6.45, 7) is 2.62. The maximum Gasteiger partial charge on any atom is 0.215 e. The number of alkyl halides is 1. The lowest BCUT2D eigenvalue weighted by molar-refractivity contribution is 0.252. The van der Waals surface area contributed by atoms with Gasteiger partial charge in [-0.2, -0.15) is 4.31 Å². The van der Waals surface area contributed by atoms with E-state index in [1.807, 2.05) is 0 Å². The Labute approximate surface area is 104 Å². The quantitative estimate of drug-likeness (QED) is 0.483. The van der Waals surface area contributed by atoms with Crippen LogP contribution in [-0.4, -0.2) is 49.2 Å². The highest BCUT2D eigenvalue weighted by Gasteiger charge is 2.19. The van der Waals surface area contributed by atoms with Crippen LogP contribution in [0.4, 0.5) is 0 Å². The molecule has 0 spiro atoms. The van der Waals surface area contributed by atoms with E-state index < -0.39 is 10.0 Å². The van der Waals surface area contributed by atoms with Gasteiger partial charge < -0.3 is 5.11 Å². The Hall–Kier alpha value is 0.160. The highest BCUT2D eigenvalue weighted by Crippen LogP contribution is 2.07. The molecule has 1 N–H and O–H groups in total. The van der Waals surface area contributed by atoms with Gasteiger partial charge in [-0.15, -0.1) is 11.6 Å². The lowest BCUT2D eigenvalue weighted by Crippen LogP contribution is -2.36. The summed E-state index contributed by atoms with van der Waals surface area (Å²) in [7, 11) is -3.28. The van der Waals surface area contributed by atoms with E-state index in [0.29, 0.717) is 6.54 Å². The molecule has 0 rings (SSSR count). The molecule has 0 heterocycles. The van der Waals surface area contributed by atoms with E-state index in [1.165, 1.54) is 4.31 Å². The second-order valence-electron chi connectivity index (χ2n) is 3.69. The molecule has 0 bridgehead atoms. The Morgan fingerprint density at radius 1 is 1.19 bits per heavy atom. The topological polar surface area (TPSA) is 57.6 Å². The minimum atomic E-state index is -3.28. The molecule has 98 valence electrons. The smallest absolute Gasteiger partial charge is 0.215 e. The second kappa shape index (κ2) is 9.22. The van der Waals surface area contributed by atoms with E-state index in [-0.39, 0.29) is 24.8 Å². The third kappa shape index (κ3) is 6.68. The Balaban J connectivity index is 4.15. The Morgan fingerprint density at radius 3 is 2.38 bits per heavy atom. The number of halogens is 1. The fraction of sp³-hybridized carbons (Fsp3) is 1.00. The van der Waals surface area contributed by atoms with E-state index in [0.717, 1.165) is 25.7 Å². The first-order chi connectivity index (χ1) is 7.58. The molecule has 0 radical (unpaired) electrons. The van der Waals surface area contributed by atoms with E-state index in [1.54, 1.807) is 0 Å². The summed E-state index contributed by atoms with van der Waals surface area (Å²) in [5.74, 6) is 0.0432.